The molecule has 6 heteroatoms. The van der Waals surface area contributed by atoms with Crippen LogP contribution in [0.4, 0.5) is 0 Å². The number of rotatable bonds is 4. The van der Waals surface area contributed by atoms with Gasteiger partial charge in [0.05, 0.1) is 6.04 Å². The van der Waals surface area contributed by atoms with Crippen molar-refractivity contribution in [2.75, 3.05) is 20.6 Å². The first-order valence-electron chi connectivity index (χ1n) is 9.47. The summed E-state index contributed by atoms with van der Waals surface area (Å²) in [6.07, 6.45) is 6.69. The van der Waals surface area contributed by atoms with Crippen molar-refractivity contribution in [3.05, 3.63) is 65.6 Å². The van der Waals surface area contributed by atoms with Gasteiger partial charge >= 0.3 is 0 Å². The Kier molecular flexibility index (Phi) is 4.90. The van der Waals surface area contributed by atoms with E-state index in [0.717, 1.165) is 32.4 Å². The Balaban J connectivity index is 1.59. The predicted octanol–water partition coefficient (Wildman–Crippen LogP) is 3.16. The summed E-state index contributed by atoms with van der Waals surface area (Å²) in [5.74, 6) is -0.0115. The van der Waals surface area contributed by atoms with E-state index in [2.05, 4.69) is 53.3 Å². The number of amides is 1. The van der Waals surface area contributed by atoms with Crippen molar-refractivity contribution in [1.82, 2.24) is 24.4 Å². The SMILES string of the molecule is CN(C)Cc1ccc([C@H]2CCCCN2C(=O)c2cc3ncccn3n2)cc1. The Morgan fingerprint density at radius 1 is 1.22 bits per heavy atom. The number of piperidine rings is 1. The number of carbonyl (C=O) groups is 1. The molecule has 0 unspecified atom stereocenters. The van der Waals surface area contributed by atoms with Crippen molar-refractivity contribution >= 4 is 11.6 Å². The Morgan fingerprint density at radius 3 is 2.78 bits per heavy atom. The molecule has 2 aromatic heterocycles. The first kappa shape index (κ1) is 17.7. The summed E-state index contributed by atoms with van der Waals surface area (Å²) in [7, 11) is 4.14. The maximum absolute atomic E-state index is 13.2. The van der Waals surface area contributed by atoms with Gasteiger partial charge in [0.15, 0.2) is 11.3 Å². The van der Waals surface area contributed by atoms with Crippen LogP contribution in [0.1, 0.15) is 46.9 Å². The summed E-state index contributed by atoms with van der Waals surface area (Å²) < 4.78 is 1.65. The third kappa shape index (κ3) is 3.71. The van der Waals surface area contributed by atoms with Crippen LogP contribution in [0.3, 0.4) is 0 Å². The highest BCUT2D eigenvalue weighted by molar-refractivity contribution is 5.93. The molecule has 1 aliphatic rings. The molecule has 1 fully saturated rings. The van der Waals surface area contributed by atoms with E-state index in [0.29, 0.717) is 11.3 Å². The average Bonchev–Trinajstić information content (AvgIpc) is 3.12. The van der Waals surface area contributed by atoms with Gasteiger partial charge in [-0.3, -0.25) is 4.79 Å². The number of benzene rings is 1. The van der Waals surface area contributed by atoms with Gasteiger partial charge in [0, 0.05) is 31.5 Å². The summed E-state index contributed by atoms with van der Waals surface area (Å²) >= 11 is 0. The van der Waals surface area contributed by atoms with E-state index in [9.17, 15) is 4.79 Å². The van der Waals surface area contributed by atoms with Crippen molar-refractivity contribution in [3.8, 4) is 0 Å². The molecule has 0 spiro atoms. The van der Waals surface area contributed by atoms with Crippen LogP contribution in [0.25, 0.3) is 5.65 Å². The van der Waals surface area contributed by atoms with Gasteiger partial charge in [-0.15, -0.1) is 0 Å². The van der Waals surface area contributed by atoms with E-state index in [1.807, 2.05) is 17.2 Å². The summed E-state index contributed by atoms with van der Waals surface area (Å²) in [6, 6.07) is 12.4. The monoisotopic (exact) mass is 363 g/mol. The maximum Gasteiger partial charge on any atom is 0.274 e. The first-order valence-corrected chi connectivity index (χ1v) is 9.47. The molecule has 1 saturated heterocycles. The van der Waals surface area contributed by atoms with E-state index in [1.165, 1.54) is 11.1 Å². The molecular formula is C21H25N5O. The molecule has 0 aliphatic carbocycles. The van der Waals surface area contributed by atoms with Crippen LogP contribution in [0.5, 0.6) is 0 Å². The Labute approximate surface area is 159 Å². The minimum absolute atomic E-state index is 0.0115. The summed E-state index contributed by atoms with van der Waals surface area (Å²) in [6.45, 7) is 1.69. The first-order chi connectivity index (χ1) is 13.1. The molecule has 6 nitrogen and oxygen atoms in total. The molecular weight excluding hydrogens is 338 g/mol. The quantitative estimate of drug-likeness (QED) is 0.714. The van der Waals surface area contributed by atoms with Crippen molar-refractivity contribution < 1.29 is 4.79 Å². The molecule has 3 heterocycles. The van der Waals surface area contributed by atoms with Gasteiger partial charge in [0.2, 0.25) is 0 Å². The topological polar surface area (TPSA) is 53.7 Å². The van der Waals surface area contributed by atoms with E-state index in [-0.39, 0.29) is 11.9 Å². The smallest absolute Gasteiger partial charge is 0.274 e. The highest BCUT2D eigenvalue weighted by Crippen LogP contribution is 2.32. The van der Waals surface area contributed by atoms with Crippen LogP contribution in [0.15, 0.2) is 48.8 Å². The zero-order valence-electron chi connectivity index (χ0n) is 15.9. The van der Waals surface area contributed by atoms with Crippen molar-refractivity contribution in [1.29, 1.82) is 0 Å². The fourth-order valence-electron chi connectivity index (χ4n) is 3.81. The van der Waals surface area contributed by atoms with E-state index in [4.69, 9.17) is 0 Å². The van der Waals surface area contributed by atoms with Crippen molar-refractivity contribution in [3.63, 3.8) is 0 Å². The number of nitrogens with zero attached hydrogens (tertiary/aromatic N) is 5. The third-order valence-electron chi connectivity index (χ3n) is 5.08. The lowest BCUT2D eigenvalue weighted by Crippen LogP contribution is -2.38. The van der Waals surface area contributed by atoms with E-state index in [1.54, 1.807) is 16.8 Å². The molecule has 0 N–H and O–H groups in total. The molecule has 1 aliphatic heterocycles. The molecule has 1 aromatic carbocycles. The third-order valence-corrected chi connectivity index (χ3v) is 5.08. The molecule has 3 aromatic rings. The van der Waals surface area contributed by atoms with Crippen molar-refractivity contribution in [2.45, 2.75) is 31.8 Å². The molecule has 0 radical (unpaired) electrons. The number of hydrogen-bond acceptors (Lipinski definition) is 4. The Morgan fingerprint density at radius 2 is 2.04 bits per heavy atom. The normalized spacial score (nSPS) is 17.6. The highest BCUT2D eigenvalue weighted by atomic mass is 16.2. The number of carbonyl (C=O) groups excluding carboxylic acids is 1. The molecule has 0 bridgehead atoms. The Hall–Kier alpha value is -2.73. The lowest BCUT2D eigenvalue weighted by Gasteiger charge is -2.35. The van der Waals surface area contributed by atoms with Gasteiger partial charge in [0.25, 0.3) is 5.91 Å². The fourth-order valence-corrected chi connectivity index (χ4v) is 3.81. The molecule has 1 amide bonds. The minimum atomic E-state index is -0.0115. The van der Waals surface area contributed by atoms with Crippen molar-refractivity contribution in [2.24, 2.45) is 0 Å². The van der Waals surface area contributed by atoms with Crippen LogP contribution < -0.4 is 0 Å². The average molecular weight is 363 g/mol. The van der Waals surface area contributed by atoms with Gasteiger partial charge in [-0.25, -0.2) is 9.50 Å². The van der Waals surface area contributed by atoms with Gasteiger partial charge < -0.3 is 9.80 Å². The van der Waals surface area contributed by atoms with Gasteiger partial charge in [-0.05, 0) is 50.6 Å². The van der Waals surface area contributed by atoms with Crippen LogP contribution >= 0.6 is 0 Å². The van der Waals surface area contributed by atoms with Crippen LogP contribution in [-0.4, -0.2) is 50.9 Å². The second-order valence-corrected chi connectivity index (χ2v) is 7.44. The second kappa shape index (κ2) is 7.48. The van der Waals surface area contributed by atoms with Crippen LogP contribution in [-0.2, 0) is 6.54 Å². The lowest BCUT2D eigenvalue weighted by atomic mass is 9.94. The summed E-state index contributed by atoms with van der Waals surface area (Å²) in [5.41, 5.74) is 3.64. The largest absolute Gasteiger partial charge is 0.330 e. The summed E-state index contributed by atoms with van der Waals surface area (Å²) in [5, 5.41) is 4.42. The van der Waals surface area contributed by atoms with Gasteiger partial charge in [-0.1, -0.05) is 24.3 Å². The number of likely N-dealkylation sites (tertiary alicyclic amines) is 1. The molecule has 0 saturated carbocycles. The van der Waals surface area contributed by atoms with Crippen LogP contribution in [0.2, 0.25) is 0 Å². The lowest BCUT2D eigenvalue weighted by molar-refractivity contribution is 0.0605. The van der Waals surface area contributed by atoms with E-state index < -0.39 is 0 Å². The highest BCUT2D eigenvalue weighted by Gasteiger charge is 2.30. The number of fused-ring (bicyclic) bond motifs is 1. The molecule has 4 rings (SSSR count). The molecule has 1 atom stereocenters. The number of hydrogen-bond donors (Lipinski definition) is 0. The second-order valence-electron chi connectivity index (χ2n) is 7.44. The standard InChI is InChI=1S/C21H25N5O/c1-24(2)15-16-7-9-17(10-8-16)19-6-3-4-12-25(19)21(27)18-14-20-22-11-5-13-26(20)23-18/h5,7-11,13-14,19H,3-4,6,12,15H2,1-2H3/t19-/m1/s1. The zero-order valence-corrected chi connectivity index (χ0v) is 15.9. The summed E-state index contributed by atoms with van der Waals surface area (Å²) in [4.78, 5) is 21.6. The Bertz CT molecular complexity index is 898. The van der Waals surface area contributed by atoms with Gasteiger partial charge in [-0.2, -0.15) is 5.10 Å². The van der Waals surface area contributed by atoms with Crippen LogP contribution in [0, 0.1) is 0 Å². The number of aromatic nitrogens is 3. The predicted molar refractivity (Wildman–Crippen MR) is 104 cm³/mol. The zero-order chi connectivity index (χ0) is 18.8. The van der Waals surface area contributed by atoms with E-state index >= 15 is 0 Å². The maximum atomic E-state index is 13.2. The van der Waals surface area contributed by atoms with Gasteiger partial charge in [0.1, 0.15) is 0 Å². The molecule has 140 valence electrons. The fraction of sp³-hybridized carbons (Fsp3) is 0.381. The molecule has 27 heavy (non-hydrogen) atoms. The minimum Gasteiger partial charge on any atom is -0.330 e.